The van der Waals surface area contributed by atoms with E-state index in [1.165, 1.54) is 0 Å². The second-order valence-electron chi connectivity index (χ2n) is 5.31. The molecule has 0 spiro atoms. The van der Waals surface area contributed by atoms with Crippen molar-refractivity contribution in [2.75, 3.05) is 24.7 Å². The van der Waals surface area contributed by atoms with Crippen molar-refractivity contribution in [3.8, 4) is 0 Å². The highest BCUT2D eigenvalue weighted by Gasteiger charge is 2.24. The number of carbonyl (C=O) groups is 1. The second-order valence-corrected chi connectivity index (χ2v) is 7.49. The van der Waals surface area contributed by atoms with Gasteiger partial charge < -0.3 is 14.2 Å². The van der Waals surface area contributed by atoms with Crippen molar-refractivity contribution in [3.63, 3.8) is 0 Å². The first-order valence-corrected chi connectivity index (χ1v) is 8.57. The summed E-state index contributed by atoms with van der Waals surface area (Å²) in [4.78, 5) is 11.5. The van der Waals surface area contributed by atoms with Crippen LogP contribution in [-0.2, 0) is 28.8 Å². The third-order valence-corrected chi connectivity index (χ3v) is 3.66. The zero-order chi connectivity index (χ0) is 15.8. The average molecular weight is 310 g/mol. The van der Waals surface area contributed by atoms with Crippen LogP contribution in [0.4, 0.5) is 0 Å². The minimum atomic E-state index is -3.52. The van der Waals surface area contributed by atoms with E-state index in [4.69, 9.17) is 14.2 Å². The van der Waals surface area contributed by atoms with Gasteiger partial charge >= 0.3 is 5.97 Å². The Hall–Kier alpha value is -0.660. The molecule has 0 amide bonds. The molecule has 0 heterocycles. The molecule has 0 N–H and O–H groups in total. The van der Waals surface area contributed by atoms with Gasteiger partial charge in [-0.3, -0.25) is 4.79 Å². The van der Waals surface area contributed by atoms with Gasteiger partial charge in [-0.1, -0.05) is 0 Å². The molecule has 0 aromatic carbocycles. The predicted octanol–water partition coefficient (Wildman–Crippen LogP) is 1.53. The number of carbonyl (C=O) groups excluding carboxylic acids is 1. The van der Waals surface area contributed by atoms with Crippen molar-refractivity contribution in [2.24, 2.45) is 0 Å². The summed E-state index contributed by atoms with van der Waals surface area (Å²) in [5, 5.41) is 0. The zero-order valence-corrected chi connectivity index (χ0v) is 13.8. The van der Waals surface area contributed by atoms with Gasteiger partial charge in [0.15, 0.2) is 16.1 Å². The lowest BCUT2D eigenvalue weighted by atomic mass is 10.2. The maximum absolute atomic E-state index is 11.8. The summed E-state index contributed by atoms with van der Waals surface area (Å²) in [7, 11) is -3.52. The Morgan fingerprint density at radius 1 is 1.10 bits per heavy atom. The molecule has 7 heteroatoms. The molecule has 0 unspecified atom stereocenters. The monoisotopic (exact) mass is 310 g/mol. The van der Waals surface area contributed by atoms with E-state index in [1.54, 1.807) is 34.6 Å². The summed E-state index contributed by atoms with van der Waals surface area (Å²) in [6.07, 6.45) is -0.356. The summed E-state index contributed by atoms with van der Waals surface area (Å²) in [6.45, 7) is 9.57. The lowest BCUT2D eigenvalue weighted by molar-refractivity contribution is -0.151. The predicted molar refractivity (Wildman–Crippen MR) is 76.2 cm³/mol. The van der Waals surface area contributed by atoms with Crippen LogP contribution >= 0.6 is 0 Å². The smallest absolute Gasteiger partial charge is 0.321 e. The van der Waals surface area contributed by atoms with E-state index in [-0.39, 0.29) is 12.2 Å². The normalized spacial score (nSPS) is 12.7. The first kappa shape index (κ1) is 19.3. The number of hydrogen-bond donors (Lipinski definition) is 0. The molecule has 0 aromatic rings. The van der Waals surface area contributed by atoms with Crippen LogP contribution in [0, 0.1) is 0 Å². The van der Waals surface area contributed by atoms with Crippen LogP contribution < -0.4 is 0 Å². The van der Waals surface area contributed by atoms with Crippen LogP contribution in [-0.4, -0.2) is 51.0 Å². The van der Waals surface area contributed by atoms with Crippen molar-refractivity contribution in [2.45, 2.75) is 52.9 Å². The van der Waals surface area contributed by atoms with Gasteiger partial charge in [0.2, 0.25) is 0 Å². The van der Waals surface area contributed by atoms with Gasteiger partial charge in [-0.15, -0.1) is 0 Å². The minimum absolute atomic E-state index is 0.170. The molecule has 0 bridgehead atoms. The molecule has 0 aliphatic heterocycles. The Labute approximate surface area is 121 Å². The molecule has 6 nitrogen and oxygen atoms in total. The number of sulfone groups is 1. The van der Waals surface area contributed by atoms with Crippen molar-refractivity contribution in [3.05, 3.63) is 0 Å². The van der Waals surface area contributed by atoms with Crippen LogP contribution in [0.3, 0.4) is 0 Å². The molecular weight excluding hydrogens is 284 g/mol. The minimum Gasteiger partial charge on any atom is -0.459 e. The molecule has 0 saturated heterocycles. The van der Waals surface area contributed by atoms with Gasteiger partial charge in [0.25, 0.3) is 0 Å². The van der Waals surface area contributed by atoms with E-state index in [0.29, 0.717) is 13.2 Å². The molecule has 0 aromatic heterocycles. The lowest BCUT2D eigenvalue weighted by Crippen LogP contribution is -2.30. The van der Waals surface area contributed by atoms with Crippen molar-refractivity contribution in [1.82, 2.24) is 0 Å². The molecule has 0 rings (SSSR count). The first-order chi connectivity index (χ1) is 9.09. The Morgan fingerprint density at radius 3 is 2.00 bits per heavy atom. The van der Waals surface area contributed by atoms with E-state index < -0.39 is 33.5 Å². The Bertz CT molecular complexity index is 376. The topological polar surface area (TPSA) is 78.9 Å². The van der Waals surface area contributed by atoms with Crippen LogP contribution in [0.2, 0.25) is 0 Å². The Kier molecular flexibility index (Phi) is 8.30. The van der Waals surface area contributed by atoms with Crippen molar-refractivity contribution < 1.29 is 27.4 Å². The number of esters is 1. The van der Waals surface area contributed by atoms with E-state index >= 15 is 0 Å². The maximum atomic E-state index is 11.8. The molecule has 0 aliphatic carbocycles. The van der Waals surface area contributed by atoms with E-state index in [9.17, 15) is 13.2 Å². The highest BCUT2D eigenvalue weighted by Crippen LogP contribution is 2.09. The van der Waals surface area contributed by atoms with Gasteiger partial charge in [-0.25, -0.2) is 8.42 Å². The van der Waals surface area contributed by atoms with Crippen molar-refractivity contribution >= 4 is 15.8 Å². The second kappa shape index (κ2) is 8.59. The Morgan fingerprint density at radius 2 is 1.60 bits per heavy atom. The third-order valence-electron chi connectivity index (χ3n) is 2.13. The highest BCUT2D eigenvalue weighted by atomic mass is 32.2. The molecule has 0 atom stereocenters. The fourth-order valence-electron chi connectivity index (χ4n) is 1.49. The number of ether oxygens (including phenoxy) is 3. The standard InChI is InChI=1S/C13H26O6S/c1-6-17-12(18-7-2)8-9-20(15,16)10-11(14)19-13(3,4)5/h12H,6-10H2,1-5H3. The lowest BCUT2D eigenvalue weighted by Gasteiger charge is -2.20. The van der Waals surface area contributed by atoms with Crippen LogP contribution in [0.25, 0.3) is 0 Å². The summed E-state index contributed by atoms with van der Waals surface area (Å²) in [5.74, 6) is -1.52. The summed E-state index contributed by atoms with van der Waals surface area (Å²) < 4.78 is 39.2. The number of hydrogen-bond acceptors (Lipinski definition) is 6. The molecule has 20 heavy (non-hydrogen) atoms. The molecule has 0 aliphatic rings. The van der Waals surface area contributed by atoms with Crippen LogP contribution in [0.15, 0.2) is 0 Å². The van der Waals surface area contributed by atoms with Gasteiger partial charge in [-0.2, -0.15) is 0 Å². The Balaban J connectivity index is 4.34. The molecule has 0 radical (unpaired) electrons. The van der Waals surface area contributed by atoms with Gasteiger partial charge in [0.1, 0.15) is 11.4 Å². The van der Waals surface area contributed by atoms with Gasteiger partial charge in [0, 0.05) is 19.6 Å². The molecule has 0 saturated carbocycles. The van der Waals surface area contributed by atoms with Crippen molar-refractivity contribution in [1.29, 1.82) is 0 Å². The summed E-state index contributed by atoms with van der Waals surface area (Å²) in [6, 6.07) is 0. The van der Waals surface area contributed by atoms with Crippen LogP contribution in [0.5, 0.6) is 0 Å². The van der Waals surface area contributed by atoms with Gasteiger partial charge in [0.05, 0.1) is 5.75 Å². The SMILES string of the molecule is CCOC(CCS(=O)(=O)CC(=O)OC(C)(C)C)OCC. The maximum Gasteiger partial charge on any atom is 0.321 e. The van der Waals surface area contributed by atoms with E-state index in [1.807, 2.05) is 0 Å². The van der Waals surface area contributed by atoms with Gasteiger partial charge in [-0.05, 0) is 34.6 Å². The fourth-order valence-corrected chi connectivity index (χ4v) is 2.60. The summed E-state index contributed by atoms with van der Waals surface area (Å²) >= 11 is 0. The fraction of sp³-hybridized carbons (Fsp3) is 0.923. The number of rotatable bonds is 9. The molecule has 0 fully saturated rings. The largest absolute Gasteiger partial charge is 0.459 e. The zero-order valence-electron chi connectivity index (χ0n) is 13.0. The molecular formula is C13H26O6S. The third kappa shape index (κ3) is 10.2. The van der Waals surface area contributed by atoms with Crippen LogP contribution in [0.1, 0.15) is 41.0 Å². The molecule has 120 valence electrons. The highest BCUT2D eigenvalue weighted by molar-refractivity contribution is 7.92. The van der Waals surface area contributed by atoms with E-state index in [0.717, 1.165) is 0 Å². The van der Waals surface area contributed by atoms with E-state index in [2.05, 4.69) is 0 Å². The average Bonchev–Trinajstić information content (AvgIpc) is 2.23. The quantitative estimate of drug-likeness (QED) is 0.475. The summed E-state index contributed by atoms with van der Waals surface area (Å²) in [5.41, 5.74) is -0.689. The first-order valence-electron chi connectivity index (χ1n) is 6.75.